The first-order valence-electron chi connectivity index (χ1n) is 21.7. The molecule has 3 heteroatoms. The van der Waals surface area contributed by atoms with Crippen LogP contribution in [0.3, 0.4) is 0 Å². The Kier molecular flexibility index (Phi) is 38.9. The van der Waals surface area contributed by atoms with Gasteiger partial charge in [0.1, 0.15) is 0 Å². The van der Waals surface area contributed by atoms with Crippen LogP contribution >= 0.6 is 0 Å². The van der Waals surface area contributed by atoms with Crippen LogP contribution in [-0.4, -0.2) is 23.2 Å². The smallest absolute Gasteiger partial charge is 0.220 e. The lowest BCUT2D eigenvalue weighted by atomic mass is 10.0. The molecule has 0 rings (SSSR count). The third-order valence-electron chi connectivity index (χ3n) is 10.2. The number of aliphatic hydroxyl groups excluding tert-OH is 1. The Morgan fingerprint density at radius 2 is 0.766 bits per heavy atom. The highest BCUT2D eigenvalue weighted by Gasteiger charge is 2.16. The zero-order valence-corrected chi connectivity index (χ0v) is 32.6. The van der Waals surface area contributed by atoms with E-state index in [4.69, 9.17) is 0 Å². The number of unbranched alkanes of at least 4 members (excludes halogenated alkanes) is 31. The van der Waals surface area contributed by atoms with Crippen molar-refractivity contribution in [1.82, 2.24) is 5.32 Å². The van der Waals surface area contributed by atoms with Gasteiger partial charge in [0.15, 0.2) is 0 Å². The lowest BCUT2D eigenvalue weighted by Gasteiger charge is -2.20. The highest BCUT2D eigenvalue weighted by atomic mass is 16.3. The molecule has 2 atom stereocenters. The van der Waals surface area contributed by atoms with E-state index >= 15 is 0 Å². The molecule has 3 nitrogen and oxygen atoms in total. The fraction of sp³-hybridized carbons (Fsp3) is 0.932. The van der Waals surface area contributed by atoms with Crippen molar-refractivity contribution in [2.24, 2.45) is 0 Å². The number of nitrogens with one attached hydrogen (secondary N) is 1. The minimum atomic E-state index is -0.418. The van der Waals surface area contributed by atoms with Crippen molar-refractivity contribution in [2.75, 3.05) is 0 Å². The van der Waals surface area contributed by atoms with Gasteiger partial charge >= 0.3 is 0 Å². The van der Waals surface area contributed by atoms with E-state index in [2.05, 4.69) is 31.3 Å². The van der Waals surface area contributed by atoms with Gasteiger partial charge < -0.3 is 10.4 Å². The van der Waals surface area contributed by atoms with Gasteiger partial charge in [-0.05, 0) is 45.4 Å². The molecular weight excluding hydrogens is 574 g/mol. The van der Waals surface area contributed by atoms with Crippen molar-refractivity contribution in [3.05, 3.63) is 12.2 Å². The van der Waals surface area contributed by atoms with Gasteiger partial charge in [0.05, 0.1) is 12.1 Å². The maximum Gasteiger partial charge on any atom is 0.220 e. The molecule has 0 aromatic rings. The van der Waals surface area contributed by atoms with Crippen molar-refractivity contribution in [1.29, 1.82) is 0 Å². The van der Waals surface area contributed by atoms with Crippen molar-refractivity contribution >= 4 is 5.91 Å². The molecule has 0 aromatic carbocycles. The molecule has 0 radical (unpaired) electrons. The van der Waals surface area contributed by atoms with E-state index in [0.29, 0.717) is 6.42 Å². The Labute approximate surface area is 296 Å². The summed E-state index contributed by atoms with van der Waals surface area (Å²) < 4.78 is 0. The quantitative estimate of drug-likeness (QED) is 0.0509. The van der Waals surface area contributed by atoms with E-state index in [9.17, 15) is 9.90 Å². The van der Waals surface area contributed by atoms with Crippen LogP contribution in [0.25, 0.3) is 0 Å². The van der Waals surface area contributed by atoms with Gasteiger partial charge in [-0.1, -0.05) is 212 Å². The number of aliphatic hydroxyl groups is 1. The van der Waals surface area contributed by atoms with Crippen LogP contribution in [0.15, 0.2) is 12.2 Å². The van der Waals surface area contributed by atoms with Crippen molar-refractivity contribution < 1.29 is 9.90 Å². The fourth-order valence-electron chi connectivity index (χ4n) is 6.81. The predicted molar refractivity (Wildman–Crippen MR) is 210 cm³/mol. The van der Waals surface area contributed by atoms with Crippen LogP contribution in [0.5, 0.6) is 0 Å². The molecule has 280 valence electrons. The number of allylic oxidation sites excluding steroid dienone is 2. The maximum absolute atomic E-state index is 12.3. The van der Waals surface area contributed by atoms with Gasteiger partial charge in [-0.25, -0.2) is 0 Å². The summed E-state index contributed by atoms with van der Waals surface area (Å²) in [5.41, 5.74) is 0. The molecule has 0 spiro atoms. The van der Waals surface area contributed by atoms with Crippen LogP contribution in [0.1, 0.15) is 252 Å². The fourth-order valence-corrected chi connectivity index (χ4v) is 6.81. The summed E-state index contributed by atoms with van der Waals surface area (Å²) in [7, 11) is 0. The zero-order chi connectivity index (χ0) is 34.3. The third-order valence-corrected chi connectivity index (χ3v) is 10.2. The molecule has 47 heavy (non-hydrogen) atoms. The van der Waals surface area contributed by atoms with E-state index < -0.39 is 6.10 Å². The first kappa shape index (κ1) is 46.2. The Morgan fingerprint density at radius 1 is 0.468 bits per heavy atom. The van der Waals surface area contributed by atoms with E-state index in [1.165, 1.54) is 199 Å². The Morgan fingerprint density at radius 3 is 1.13 bits per heavy atom. The molecule has 0 bridgehead atoms. The Hall–Kier alpha value is -0.830. The summed E-state index contributed by atoms with van der Waals surface area (Å²) in [6, 6.07) is -0.137. The highest BCUT2D eigenvalue weighted by molar-refractivity contribution is 5.76. The number of hydrogen-bond acceptors (Lipinski definition) is 2. The molecule has 0 fully saturated rings. The first-order chi connectivity index (χ1) is 23.1. The molecule has 0 saturated carbocycles. The minimum absolute atomic E-state index is 0.113. The molecular formula is C44H87NO2. The molecule has 2 N–H and O–H groups in total. The summed E-state index contributed by atoms with van der Waals surface area (Å²) >= 11 is 0. The molecule has 0 heterocycles. The Balaban J connectivity index is 3.37. The molecule has 0 aliphatic carbocycles. The molecule has 0 aromatic heterocycles. The molecule has 0 aliphatic heterocycles. The number of rotatable bonds is 39. The second-order valence-corrected chi connectivity index (χ2v) is 15.1. The maximum atomic E-state index is 12.3. The zero-order valence-electron chi connectivity index (χ0n) is 32.6. The lowest BCUT2D eigenvalue weighted by molar-refractivity contribution is -0.122. The molecule has 0 aliphatic rings. The van der Waals surface area contributed by atoms with Crippen LogP contribution in [0, 0.1) is 0 Å². The monoisotopic (exact) mass is 662 g/mol. The topological polar surface area (TPSA) is 49.3 Å². The van der Waals surface area contributed by atoms with Gasteiger partial charge in [-0.15, -0.1) is 0 Å². The lowest BCUT2D eigenvalue weighted by Crippen LogP contribution is -2.41. The summed E-state index contributed by atoms with van der Waals surface area (Å²) in [6.07, 6.45) is 51.5. The largest absolute Gasteiger partial charge is 0.391 e. The second-order valence-electron chi connectivity index (χ2n) is 15.1. The van der Waals surface area contributed by atoms with Crippen LogP contribution in [-0.2, 0) is 4.79 Å². The van der Waals surface area contributed by atoms with Gasteiger partial charge in [0.25, 0.3) is 0 Å². The number of carbonyl (C=O) groups excluding carboxylic acids is 1. The summed E-state index contributed by atoms with van der Waals surface area (Å²) in [6.45, 7) is 6.53. The average molecular weight is 662 g/mol. The van der Waals surface area contributed by atoms with Crippen LogP contribution in [0.2, 0.25) is 0 Å². The van der Waals surface area contributed by atoms with Crippen molar-refractivity contribution in [2.45, 2.75) is 264 Å². The van der Waals surface area contributed by atoms with Gasteiger partial charge in [-0.3, -0.25) is 4.79 Å². The predicted octanol–water partition coefficient (Wildman–Crippen LogP) is 14.5. The first-order valence-corrected chi connectivity index (χ1v) is 21.7. The summed E-state index contributed by atoms with van der Waals surface area (Å²) in [4.78, 5) is 12.3. The SMILES string of the molecule is CCCCCCCC/C=C\CCCCCCCCCCCCCCCC(=O)N[C@@H](C)[C@H](O)CCCCCCCCCCCCCCC. The summed E-state index contributed by atoms with van der Waals surface area (Å²) in [5, 5.41) is 13.5. The standard InChI is InChI=1S/C44H87NO2/c1-4-6-8-10-12-14-16-18-19-20-21-22-23-24-25-26-27-29-31-33-35-37-39-41-44(47)45-42(3)43(46)40-38-36-34-32-30-28-17-15-13-11-9-7-5-2/h18-19,42-43,46H,4-17,20-41H2,1-3H3,(H,45,47)/b19-18-/t42-,43+/m0/s1. The molecule has 1 amide bonds. The van der Waals surface area contributed by atoms with Gasteiger partial charge in [-0.2, -0.15) is 0 Å². The van der Waals surface area contributed by atoms with E-state index in [1.807, 2.05) is 6.92 Å². The normalized spacial score (nSPS) is 13.0. The van der Waals surface area contributed by atoms with Crippen LogP contribution in [0.4, 0.5) is 0 Å². The van der Waals surface area contributed by atoms with Gasteiger partial charge in [0.2, 0.25) is 5.91 Å². The highest BCUT2D eigenvalue weighted by Crippen LogP contribution is 2.16. The summed E-state index contributed by atoms with van der Waals surface area (Å²) in [5.74, 6) is 0.113. The van der Waals surface area contributed by atoms with E-state index in [0.717, 1.165) is 25.7 Å². The van der Waals surface area contributed by atoms with Crippen molar-refractivity contribution in [3.63, 3.8) is 0 Å². The minimum Gasteiger partial charge on any atom is -0.391 e. The third kappa shape index (κ3) is 37.8. The second kappa shape index (κ2) is 39.6. The Bertz CT molecular complexity index is 632. The van der Waals surface area contributed by atoms with Gasteiger partial charge in [0, 0.05) is 6.42 Å². The van der Waals surface area contributed by atoms with Crippen LogP contribution < -0.4 is 5.32 Å². The number of carbonyl (C=O) groups is 1. The number of amides is 1. The molecule has 0 unspecified atom stereocenters. The van der Waals surface area contributed by atoms with E-state index in [-0.39, 0.29) is 11.9 Å². The van der Waals surface area contributed by atoms with Crippen molar-refractivity contribution in [3.8, 4) is 0 Å². The van der Waals surface area contributed by atoms with E-state index in [1.54, 1.807) is 0 Å². The molecule has 0 saturated heterocycles. The average Bonchev–Trinajstić information content (AvgIpc) is 3.07. The number of hydrogen-bond donors (Lipinski definition) is 2.